The second kappa shape index (κ2) is 9.22. The van der Waals surface area contributed by atoms with Crippen LogP contribution < -0.4 is 5.32 Å². The molecule has 36 heavy (non-hydrogen) atoms. The summed E-state index contributed by atoms with van der Waals surface area (Å²) in [5.41, 5.74) is 2.92. The Bertz CT molecular complexity index is 1600. The van der Waals surface area contributed by atoms with Crippen molar-refractivity contribution in [1.29, 1.82) is 5.26 Å². The van der Waals surface area contributed by atoms with Gasteiger partial charge in [0.1, 0.15) is 11.8 Å². The molecule has 0 bridgehead atoms. The average Bonchev–Trinajstić information content (AvgIpc) is 3.59. The number of benzene rings is 1. The molecule has 1 aliphatic rings. The van der Waals surface area contributed by atoms with Gasteiger partial charge in [-0.25, -0.2) is 8.42 Å². The third-order valence-electron chi connectivity index (χ3n) is 6.68. The lowest BCUT2D eigenvalue weighted by Crippen LogP contribution is -2.37. The molecule has 1 atom stereocenters. The van der Waals surface area contributed by atoms with Gasteiger partial charge in [0.25, 0.3) is 5.91 Å². The third-order valence-corrected chi connectivity index (χ3v) is 8.55. The number of pyridine rings is 1. The van der Waals surface area contributed by atoms with Crippen LogP contribution in [0.3, 0.4) is 0 Å². The van der Waals surface area contributed by atoms with E-state index in [2.05, 4.69) is 31.5 Å². The number of nitrogens with one attached hydrogen (secondary N) is 2. The second-order valence-corrected chi connectivity index (χ2v) is 10.9. The first kappa shape index (κ1) is 23.7. The molecule has 1 saturated heterocycles. The van der Waals surface area contributed by atoms with Crippen molar-refractivity contribution < 1.29 is 13.2 Å². The number of amides is 1. The molecule has 2 N–H and O–H groups in total. The van der Waals surface area contributed by atoms with E-state index in [1.807, 2.05) is 6.07 Å². The summed E-state index contributed by atoms with van der Waals surface area (Å²) in [5, 5.41) is 19.4. The normalized spacial score (nSPS) is 16.3. The molecule has 0 saturated carbocycles. The van der Waals surface area contributed by atoms with E-state index < -0.39 is 9.84 Å². The predicted octanol–water partition coefficient (Wildman–Crippen LogP) is 2.31. The minimum Gasteiger partial charge on any atom is -0.347 e. The average molecular weight is 504 g/mol. The fourth-order valence-electron chi connectivity index (χ4n) is 4.54. The van der Waals surface area contributed by atoms with E-state index in [-0.39, 0.29) is 21.7 Å². The summed E-state index contributed by atoms with van der Waals surface area (Å²) < 4.78 is 28.4. The highest BCUT2D eigenvalue weighted by molar-refractivity contribution is 7.91. The summed E-state index contributed by atoms with van der Waals surface area (Å²) in [5.74, 6) is -0.310. The molecule has 0 radical (unpaired) electrons. The topological polar surface area (TPSA) is 137 Å². The number of rotatable bonds is 6. The fourth-order valence-corrected chi connectivity index (χ4v) is 6.12. The van der Waals surface area contributed by atoms with Crippen molar-refractivity contribution >= 4 is 26.6 Å². The number of hydrogen-bond donors (Lipinski definition) is 2. The first-order valence-electron chi connectivity index (χ1n) is 11.5. The Balaban J connectivity index is 1.29. The van der Waals surface area contributed by atoms with Crippen LogP contribution in [0.15, 0.2) is 58.6 Å². The summed E-state index contributed by atoms with van der Waals surface area (Å²) in [6, 6.07) is 11.8. The molecule has 4 heterocycles. The highest BCUT2D eigenvalue weighted by atomic mass is 32.2. The number of carbonyl (C=O) groups excluding carboxylic acids is 1. The molecule has 3 aromatic heterocycles. The van der Waals surface area contributed by atoms with Crippen molar-refractivity contribution in [3.8, 4) is 6.07 Å². The van der Waals surface area contributed by atoms with Gasteiger partial charge in [-0.3, -0.25) is 19.8 Å². The van der Waals surface area contributed by atoms with Gasteiger partial charge < -0.3 is 9.88 Å². The number of aromatic nitrogens is 4. The van der Waals surface area contributed by atoms with Crippen molar-refractivity contribution in [1.82, 2.24) is 30.0 Å². The van der Waals surface area contributed by atoms with Gasteiger partial charge in [0.15, 0.2) is 0 Å². The van der Waals surface area contributed by atoms with Gasteiger partial charge in [-0.1, -0.05) is 0 Å². The smallest absolute Gasteiger partial charge is 0.268 e. The van der Waals surface area contributed by atoms with Gasteiger partial charge in [-0.05, 0) is 49.7 Å². The zero-order chi connectivity index (χ0) is 25.4. The maximum Gasteiger partial charge on any atom is 0.268 e. The molecular weight excluding hydrogens is 478 g/mol. The Hall–Kier alpha value is -4.01. The van der Waals surface area contributed by atoms with Crippen molar-refractivity contribution in [2.45, 2.75) is 35.7 Å². The highest BCUT2D eigenvalue weighted by Crippen LogP contribution is 2.28. The maximum atomic E-state index is 13.4. The van der Waals surface area contributed by atoms with E-state index in [9.17, 15) is 13.2 Å². The minimum absolute atomic E-state index is 0.0605. The van der Waals surface area contributed by atoms with Gasteiger partial charge >= 0.3 is 0 Å². The van der Waals surface area contributed by atoms with Gasteiger partial charge in [-0.15, -0.1) is 0 Å². The SMILES string of the molecule is Cc1c(S(=O)(=O)c2ccc3[nH]ncc3c2)cc(C(=O)N[C@@H]2CCN(Cc3ccc(C#N)cn3)C2)n1C. The third kappa shape index (κ3) is 4.36. The van der Waals surface area contributed by atoms with Crippen LogP contribution in [0.5, 0.6) is 0 Å². The molecule has 11 heteroatoms. The molecular formula is C25H25N7O3S. The number of nitriles is 1. The predicted molar refractivity (Wildman–Crippen MR) is 132 cm³/mol. The molecule has 5 rings (SSSR count). The maximum absolute atomic E-state index is 13.4. The Morgan fingerprint density at radius 1 is 1.25 bits per heavy atom. The fraction of sp³-hybridized carbons (Fsp3) is 0.280. The van der Waals surface area contributed by atoms with Crippen LogP contribution in [0.25, 0.3) is 10.9 Å². The molecule has 1 fully saturated rings. The van der Waals surface area contributed by atoms with Crippen molar-refractivity contribution in [3.05, 3.63) is 71.4 Å². The highest BCUT2D eigenvalue weighted by Gasteiger charge is 2.29. The largest absolute Gasteiger partial charge is 0.347 e. The quantitative estimate of drug-likeness (QED) is 0.412. The van der Waals surface area contributed by atoms with E-state index in [4.69, 9.17) is 5.26 Å². The summed E-state index contributed by atoms with van der Waals surface area (Å²) in [4.78, 5) is 19.9. The molecule has 0 spiro atoms. The Morgan fingerprint density at radius 3 is 2.83 bits per heavy atom. The Kier molecular flexibility index (Phi) is 6.07. The van der Waals surface area contributed by atoms with Crippen LogP contribution in [-0.4, -0.2) is 58.1 Å². The molecule has 4 aromatic rings. The molecule has 10 nitrogen and oxygen atoms in total. The second-order valence-electron chi connectivity index (χ2n) is 9.00. The van der Waals surface area contributed by atoms with E-state index in [0.717, 1.165) is 24.2 Å². The van der Waals surface area contributed by atoms with Crippen molar-refractivity contribution in [2.75, 3.05) is 13.1 Å². The minimum atomic E-state index is -3.83. The van der Waals surface area contributed by atoms with Crippen LogP contribution in [0.2, 0.25) is 0 Å². The van der Waals surface area contributed by atoms with Crippen molar-refractivity contribution in [2.24, 2.45) is 7.05 Å². The lowest BCUT2D eigenvalue weighted by molar-refractivity contribution is 0.0929. The molecule has 1 aromatic carbocycles. The number of aromatic amines is 1. The van der Waals surface area contributed by atoms with Crippen LogP contribution in [0.4, 0.5) is 0 Å². The van der Waals surface area contributed by atoms with Crippen LogP contribution >= 0.6 is 0 Å². The lowest BCUT2D eigenvalue weighted by Gasteiger charge is -2.16. The lowest BCUT2D eigenvalue weighted by atomic mass is 10.2. The van der Waals surface area contributed by atoms with E-state index in [1.54, 1.807) is 49.1 Å². The van der Waals surface area contributed by atoms with Crippen LogP contribution in [0.1, 0.15) is 33.9 Å². The summed E-state index contributed by atoms with van der Waals surface area (Å²) in [6.07, 6.45) is 3.91. The number of fused-ring (bicyclic) bond motifs is 1. The van der Waals surface area contributed by atoms with E-state index in [1.165, 1.54) is 12.1 Å². The van der Waals surface area contributed by atoms with Gasteiger partial charge in [0.05, 0.1) is 32.8 Å². The zero-order valence-corrected chi connectivity index (χ0v) is 20.7. The standard InChI is InChI=1S/C25H25N7O3S/c1-16-24(36(34,35)21-5-6-22-18(9-21)13-28-30-22)10-23(31(16)2)25(33)29-20-7-8-32(15-20)14-19-4-3-17(11-26)12-27-19/h3-6,9-10,12-13,20H,7-8,14-15H2,1-2H3,(H,28,30)(H,29,33)/t20-/m1/s1. The summed E-state index contributed by atoms with van der Waals surface area (Å²) in [7, 11) is -2.13. The number of likely N-dealkylation sites (tertiary alicyclic amines) is 1. The first-order valence-corrected chi connectivity index (χ1v) is 13.0. The number of H-pyrrole nitrogens is 1. The Labute approximate surface area is 208 Å². The first-order chi connectivity index (χ1) is 17.3. The van der Waals surface area contributed by atoms with Gasteiger partial charge in [0, 0.05) is 50.0 Å². The van der Waals surface area contributed by atoms with Gasteiger partial charge in [-0.2, -0.15) is 10.4 Å². The zero-order valence-electron chi connectivity index (χ0n) is 19.9. The number of hydrogen-bond acceptors (Lipinski definition) is 7. The van der Waals surface area contributed by atoms with Crippen LogP contribution in [-0.2, 0) is 23.4 Å². The number of nitrogens with zero attached hydrogens (tertiary/aromatic N) is 5. The summed E-state index contributed by atoms with van der Waals surface area (Å²) >= 11 is 0. The van der Waals surface area contributed by atoms with Gasteiger partial charge in [0.2, 0.25) is 9.84 Å². The molecule has 0 aliphatic carbocycles. The molecule has 1 amide bonds. The monoisotopic (exact) mass is 503 g/mol. The van der Waals surface area contributed by atoms with E-state index >= 15 is 0 Å². The molecule has 184 valence electrons. The molecule has 1 aliphatic heterocycles. The number of sulfone groups is 1. The molecule has 0 unspecified atom stereocenters. The van der Waals surface area contributed by atoms with E-state index in [0.29, 0.717) is 35.4 Å². The summed E-state index contributed by atoms with van der Waals surface area (Å²) in [6.45, 7) is 3.79. The van der Waals surface area contributed by atoms with Crippen molar-refractivity contribution in [3.63, 3.8) is 0 Å². The number of carbonyl (C=O) groups is 1. The van der Waals surface area contributed by atoms with Crippen LogP contribution in [0, 0.1) is 18.3 Å². The Morgan fingerprint density at radius 2 is 2.08 bits per heavy atom.